The lowest BCUT2D eigenvalue weighted by Crippen LogP contribution is -2.42. The molecule has 0 spiro atoms. The van der Waals surface area contributed by atoms with E-state index in [2.05, 4.69) is 58.9 Å². The molecule has 0 aromatic heterocycles. The van der Waals surface area contributed by atoms with Crippen LogP contribution < -0.4 is 10.7 Å². The summed E-state index contributed by atoms with van der Waals surface area (Å²) < 4.78 is 5.34. The van der Waals surface area contributed by atoms with Crippen molar-refractivity contribution in [3.05, 3.63) is 35.4 Å². The van der Waals surface area contributed by atoms with Crippen molar-refractivity contribution >= 4 is 23.0 Å². The van der Waals surface area contributed by atoms with Crippen LogP contribution in [-0.2, 0) is 4.74 Å². The zero-order valence-electron chi connectivity index (χ0n) is 14.8. The molecule has 0 radical (unpaired) electrons. The van der Waals surface area contributed by atoms with E-state index in [-0.39, 0.29) is 0 Å². The van der Waals surface area contributed by atoms with Crippen LogP contribution >= 0.6 is 12.2 Å². The van der Waals surface area contributed by atoms with Crippen molar-refractivity contribution in [2.24, 2.45) is 5.10 Å². The van der Waals surface area contributed by atoms with Gasteiger partial charge in [-0.15, -0.1) is 0 Å². The summed E-state index contributed by atoms with van der Waals surface area (Å²) in [6.45, 7) is 11.8. The monoisotopic (exact) mass is 348 g/mol. The zero-order chi connectivity index (χ0) is 17.4. The van der Waals surface area contributed by atoms with Crippen LogP contribution in [0.5, 0.6) is 0 Å². The van der Waals surface area contributed by atoms with Crippen LogP contribution in [0.3, 0.4) is 0 Å². The van der Waals surface area contributed by atoms with Gasteiger partial charge in [0.25, 0.3) is 0 Å². The zero-order valence-corrected chi connectivity index (χ0v) is 15.7. The van der Waals surface area contributed by atoms with Gasteiger partial charge in [-0.2, -0.15) is 5.10 Å². The Morgan fingerprint density at radius 3 is 2.54 bits per heavy atom. The Bertz CT molecular complexity index is 551. The molecule has 1 aromatic carbocycles. The SMILES string of the molecule is C/C(=N/NC(=S)NCCN1CCOCC1)c1ccc(C(C)C)cc1. The van der Waals surface area contributed by atoms with Crippen molar-refractivity contribution in [2.45, 2.75) is 26.7 Å². The average Bonchev–Trinajstić information content (AvgIpc) is 2.60. The summed E-state index contributed by atoms with van der Waals surface area (Å²) in [5, 5.41) is 8.11. The summed E-state index contributed by atoms with van der Waals surface area (Å²) in [6.07, 6.45) is 0. The largest absolute Gasteiger partial charge is 0.379 e. The molecule has 24 heavy (non-hydrogen) atoms. The molecule has 1 saturated heterocycles. The summed E-state index contributed by atoms with van der Waals surface area (Å²) in [5.74, 6) is 0.540. The summed E-state index contributed by atoms with van der Waals surface area (Å²) in [7, 11) is 0. The lowest BCUT2D eigenvalue weighted by Gasteiger charge is -2.26. The fraction of sp³-hybridized carbons (Fsp3) is 0.556. The molecule has 1 aliphatic heterocycles. The third-order valence-electron chi connectivity index (χ3n) is 4.14. The van der Waals surface area contributed by atoms with Gasteiger partial charge in [0.2, 0.25) is 0 Å². The van der Waals surface area contributed by atoms with E-state index in [0.29, 0.717) is 11.0 Å². The van der Waals surface area contributed by atoms with Gasteiger partial charge < -0.3 is 10.1 Å². The Morgan fingerprint density at radius 2 is 1.92 bits per heavy atom. The average molecular weight is 349 g/mol. The van der Waals surface area contributed by atoms with E-state index < -0.39 is 0 Å². The Morgan fingerprint density at radius 1 is 1.25 bits per heavy atom. The van der Waals surface area contributed by atoms with E-state index in [1.54, 1.807) is 0 Å². The van der Waals surface area contributed by atoms with Crippen LogP contribution in [0.4, 0.5) is 0 Å². The quantitative estimate of drug-likeness (QED) is 0.469. The first-order chi connectivity index (χ1) is 11.6. The first kappa shape index (κ1) is 18.8. The lowest BCUT2D eigenvalue weighted by molar-refractivity contribution is 0.0389. The van der Waals surface area contributed by atoms with Crippen LogP contribution in [0.25, 0.3) is 0 Å². The Labute approximate surface area is 150 Å². The number of rotatable bonds is 6. The van der Waals surface area contributed by atoms with E-state index >= 15 is 0 Å². The van der Waals surface area contributed by atoms with Crippen molar-refractivity contribution < 1.29 is 4.74 Å². The Hall–Kier alpha value is -1.50. The van der Waals surface area contributed by atoms with Crippen molar-refractivity contribution in [1.29, 1.82) is 0 Å². The van der Waals surface area contributed by atoms with Gasteiger partial charge in [-0.05, 0) is 36.2 Å². The fourth-order valence-corrected chi connectivity index (χ4v) is 2.65. The molecule has 0 atom stereocenters. The van der Waals surface area contributed by atoms with E-state index in [0.717, 1.165) is 50.7 Å². The predicted molar refractivity (Wildman–Crippen MR) is 104 cm³/mol. The molecule has 0 unspecified atom stereocenters. The molecule has 1 aromatic rings. The molecule has 1 heterocycles. The molecule has 6 heteroatoms. The van der Waals surface area contributed by atoms with Crippen molar-refractivity contribution in [3.8, 4) is 0 Å². The van der Waals surface area contributed by atoms with Gasteiger partial charge in [0.15, 0.2) is 5.11 Å². The molecular weight excluding hydrogens is 320 g/mol. The highest BCUT2D eigenvalue weighted by atomic mass is 32.1. The number of morpholine rings is 1. The number of hydrazone groups is 1. The molecule has 2 rings (SSSR count). The van der Waals surface area contributed by atoms with Gasteiger partial charge in [0.1, 0.15) is 0 Å². The highest BCUT2D eigenvalue weighted by Gasteiger charge is 2.09. The van der Waals surface area contributed by atoms with Crippen LogP contribution in [0.15, 0.2) is 29.4 Å². The van der Waals surface area contributed by atoms with Crippen molar-refractivity contribution in [1.82, 2.24) is 15.6 Å². The molecule has 2 N–H and O–H groups in total. The lowest BCUT2D eigenvalue weighted by atomic mass is 10.0. The molecule has 0 bridgehead atoms. The standard InChI is InChI=1S/C18H28N4OS/c1-14(2)16-4-6-17(7-5-16)15(3)20-21-18(24)19-8-9-22-10-12-23-13-11-22/h4-7,14H,8-13H2,1-3H3,(H2,19,21,24)/b20-15-. The first-order valence-corrected chi connectivity index (χ1v) is 8.95. The summed E-state index contributed by atoms with van der Waals surface area (Å²) in [5.41, 5.74) is 6.27. The van der Waals surface area contributed by atoms with Crippen LogP contribution in [0.1, 0.15) is 37.8 Å². The molecule has 5 nitrogen and oxygen atoms in total. The first-order valence-electron chi connectivity index (χ1n) is 8.55. The summed E-state index contributed by atoms with van der Waals surface area (Å²) >= 11 is 5.27. The van der Waals surface area contributed by atoms with Gasteiger partial charge in [-0.25, -0.2) is 0 Å². The van der Waals surface area contributed by atoms with Gasteiger partial charge in [-0.3, -0.25) is 10.3 Å². The maximum absolute atomic E-state index is 5.34. The minimum atomic E-state index is 0.540. The number of ether oxygens (including phenoxy) is 1. The van der Waals surface area contributed by atoms with Gasteiger partial charge in [0, 0.05) is 26.2 Å². The van der Waals surface area contributed by atoms with E-state index in [1.807, 2.05) is 6.92 Å². The number of thiocarbonyl (C=S) groups is 1. The van der Waals surface area contributed by atoms with Crippen LogP contribution in [0.2, 0.25) is 0 Å². The Balaban J connectivity index is 1.73. The van der Waals surface area contributed by atoms with Gasteiger partial charge >= 0.3 is 0 Å². The third-order valence-corrected chi connectivity index (χ3v) is 4.37. The topological polar surface area (TPSA) is 48.9 Å². The highest BCUT2D eigenvalue weighted by Crippen LogP contribution is 2.14. The normalized spacial score (nSPS) is 16.2. The number of nitrogens with zero attached hydrogens (tertiary/aromatic N) is 2. The number of benzene rings is 1. The minimum Gasteiger partial charge on any atom is -0.379 e. The van der Waals surface area contributed by atoms with E-state index in [4.69, 9.17) is 17.0 Å². The van der Waals surface area contributed by atoms with Crippen molar-refractivity contribution in [3.63, 3.8) is 0 Å². The second kappa shape index (κ2) is 9.71. The van der Waals surface area contributed by atoms with Gasteiger partial charge in [-0.1, -0.05) is 38.1 Å². The highest BCUT2D eigenvalue weighted by molar-refractivity contribution is 7.80. The molecule has 0 saturated carbocycles. The molecule has 1 aliphatic rings. The number of nitrogens with one attached hydrogen (secondary N) is 2. The Kier molecular flexibility index (Phi) is 7.62. The van der Waals surface area contributed by atoms with E-state index in [1.165, 1.54) is 5.56 Å². The molecule has 0 aliphatic carbocycles. The second-order valence-corrected chi connectivity index (χ2v) is 6.70. The number of hydrogen-bond acceptors (Lipinski definition) is 4. The third kappa shape index (κ3) is 6.19. The molecule has 1 fully saturated rings. The minimum absolute atomic E-state index is 0.540. The maximum atomic E-state index is 5.34. The smallest absolute Gasteiger partial charge is 0.187 e. The van der Waals surface area contributed by atoms with Crippen LogP contribution in [0, 0.1) is 0 Å². The molecular formula is C18H28N4OS. The van der Waals surface area contributed by atoms with E-state index in [9.17, 15) is 0 Å². The second-order valence-electron chi connectivity index (χ2n) is 6.30. The maximum Gasteiger partial charge on any atom is 0.187 e. The summed E-state index contributed by atoms with van der Waals surface area (Å²) in [4.78, 5) is 2.36. The van der Waals surface area contributed by atoms with Crippen molar-refractivity contribution in [2.75, 3.05) is 39.4 Å². The van der Waals surface area contributed by atoms with Crippen LogP contribution in [-0.4, -0.2) is 55.1 Å². The summed E-state index contributed by atoms with van der Waals surface area (Å²) in [6, 6.07) is 8.51. The molecule has 132 valence electrons. The number of hydrogen-bond donors (Lipinski definition) is 2. The van der Waals surface area contributed by atoms with Gasteiger partial charge in [0.05, 0.1) is 18.9 Å². The predicted octanol–water partition coefficient (Wildman–Crippen LogP) is 2.33. The molecule has 0 amide bonds. The fourth-order valence-electron chi connectivity index (χ4n) is 2.50.